The molecule has 0 unspecified atom stereocenters. The molecule has 1 aromatic carbocycles. The Labute approximate surface area is 177 Å². The molecule has 0 aromatic heterocycles. The minimum Gasteiger partial charge on any atom is -0.487 e. The summed E-state index contributed by atoms with van der Waals surface area (Å²) in [5.74, 6) is 0.587. The molecule has 1 saturated heterocycles. The second kappa shape index (κ2) is 10.5. The fourth-order valence-corrected chi connectivity index (χ4v) is 3.23. The van der Waals surface area contributed by atoms with Crippen LogP contribution in [-0.4, -0.2) is 74.0 Å². The van der Waals surface area contributed by atoms with Gasteiger partial charge in [0.15, 0.2) is 0 Å². The van der Waals surface area contributed by atoms with Gasteiger partial charge in [0.25, 0.3) is 0 Å². The standard InChI is InChI=1S/C20H30Cl2N2O4/c1-20(2,3)28-19(25)23(4)8-7-16(14-24-9-11-26-12-10-24)27-18-6-5-15(21)13-17(18)22/h5-6,13,16H,7-12,14H2,1-4H3/t16-/m1/s1. The zero-order valence-corrected chi connectivity index (χ0v) is 18.6. The number of amides is 1. The molecule has 0 saturated carbocycles. The summed E-state index contributed by atoms with van der Waals surface area (Å²) in [6, 6.07) is 5.19. The third-order valence-electron chi connectivity index (χ3n) is 4.24. The van der Waals surface area contributed by atoms with Gasteiger partial charge in [0.2, 0.25) is 0 Å². The van der Waals surface area contributed by atoms with Crippen LogP contribution in [0, 0.1) is 0 Å². The molecule has 1 amide bonds. The molecule has 8 heteroatoms. The summed E-state index contributed by atoms with van der Waals surface area (Å²) < 4.78 is 17.0. The van der Waals surface area contributed by atoms with E-state index in [2.05, 4.69) is 4.90 Å². The van der Waals surface area contributed by atoms with E-state index < -0.39 is 5.60 Å². The van der Waals surface area contributed by atoms with Crippen LogP contribution in [0.15, 0.2) is 18.2 Å². The van der Waals surface area contributed by atoms with Gasteiger partial charge in [0.05, 0.1) is 18.2 Å². The van der Waals surface area contributed by atoms with Crippen molar-refractivity contribution in [3.8, 4) is 5.75 Å². The monoisotopic (exact) mass is 432 g/mol. The van der Waals surface area contributed by atoms with E-state index in [1.165, 1.54) is 0 Å². The summed E-state index contributed by atoms with van der Waals surface area (Å²) >= 11 is 12.3. The van der Waals surface area contributed by atoms with Crippen LogP contribution in [0.2, 0.25) is 10.0 Å². The Bertz CT molecular complexity index is 646. The minimum atomic E-state index is -0.522. The van der Waals surface area contributed by atoms with Crippen LogP contribution >= 0.6 is 23.2 Å². The molecule has 1 heterocycles. The number of hydrogen-bond donors (Lipinski definition) is 0. The van der Waals surface area contributed by atoms with Crippen LogP contribution in [0.5, 0.6) is 5.75 Å². The van der Waals surface area contributed by atoms with Crippen molar-refractivity contribution in [1.29, 1.82) is 0 Å². The molecule has 6 nitrogen and oxygen atoms in total. The van der Waals surface area contributed by atoms with Crippen molar-refractivity contribution < 1.29 is 19.0 Å². The predicted octanol–water partition coefficient (Wildman–Crippen LogP) is 4.33. The number of hydrogen-bond acceptors (Lipinski definition) is 5. The zero-order chi connectivity index (χ0) is 20.7. The molecule has 0 spiro atoms. The van der Waals surface area contributed by atoms with Gasteiger partial charge in [0.1, 0.15) is 17.5 Å². The molecule has 1 aliphatic rings. The lowest BCUT2D eigenvalue weighted by Crippen LogP contribution is -2.44. The van der Waals surface area contributed by atoms with Crippen molar-refractivity contribution in [3.63, 3.8) is 0 Å². The van der Waals surface area contributed by atoms with Gasteiger partial charge in [-0.15, -0.1) is 0 Å². The average Bonchev–Trinajstić information content (AvgIpc) is 2.61. The summed E-state index contributed by atoms with van der Waals surface area (Å²) in [6.07, 6.45) is 0.162. The number of rotatable bonds is 7. The molecule has 2 rings (SSSR count). The van der Waals surface area contributed by atoms with Crippen molar-refractivity contribution in [2.75, 3.05) is 46.4 Å². The third-order valence-corrected chi connectivity index (χ3v) is 4.78. The quantitative estimate of drug-likeness (QED) is 0.641. The fourth-order valence-electron chi connectivity index (χ4n) is 2.78. The summed E-state index contributed by atoms with van der Waals surface area (Å²) in [7, 11) is 1.73. The number of nitrogens with zero attached hydrogens (tertiary/aromatic N) is 2. The minimum absolute atomic E-state index is 0.137. The van der Waals surface area contributed by atoms with Crippen molar-refractivity contribution in [2.24, 2.45) is 0 Å². The van der Waals surface area contributed by atoms with Crippen molar-refractivity contribution in [2.45, 2.75) is 38.9 Å². The lowest BCUT2D eigenvalue weighted by Gasteiger charge is -2.32. The van der Waals surface area contributed by atoms with Gasteiger partial charge in [-0.3, -0.25) is 4.90 Å². The number of carbonyl (C=O) groups is 1. The van der Waals surface area contributed by atoms with Crippen LogP contribution in [0.1, 0.15) is 27.2 Å². The Hall–Kier alpha value is -1.21. The molecule has 1 atom stereocenters. The second-order valence-electron chi connectivity index (χ2n) is 7.92. The molecule has 0 bridgehead atoms. The molecule has 1 fully saturated rings. The van der Waals surface area contributed by atoms with Gasteiger partial charge < -0.3 is 19.1 Å². The average molecular weight is 433 g/mol. The molecular weight excluding hydrogens is 403 g/mol. The highest BCUT2D eigenvalue weighted by Gasteiger charge is 2.23. The van der Waals surface area contributed by atoms with Crippen molar-refractivity contribution >= 4 is 29.3 Å². The topological polar surface area (TPSA) is 51.2 Å². The lowest BCUT2D eigenvalue weighted by atomic mass is 10.2. The molecule has 28 heavy (non-hydrogen) atoms. The Morgan fingerprint density at radius 3 is 2.57 bits per heavy atom. The Morgan fingerprint density at radius 1 is 1.29 bits per heavy atom. The van der Waals surface area contributed by atoms with Gasteiger partial charge in [-0.05, 0) is 39.0 Å². The summed E-state index contributed by atoms with van der Waals surface area (Å²) in [4.78, 5) is 16.1. The number of carbonyl (C=O) groups excluding carboxylic acids is 1. The van der Waals surface area contributed by atoms with Crippen LogP contribution in [0.4, 0.5) is 4.79 Å². The highest BCUT2D eigenvalue weighted by molar-refractivity contribution is 6.35. The first-order valence-corrected chi connectivity index (χ1v) is 10.3. The molecule has 158 valence electrons. The first-order chi connectivity index (χ1) is 13.1. The number of halogens is 2. The highest BCUT2D eigenvalue weighted by atomic mass is 35.5. The number of benzene rings is 1. The predicted molar refractivity (Wildman–Crippen MR) is 112 cm³/mol. The van der Waals surface area contributed by atoms with Crippen LogP contribution in [0.25, 0.3) is 0 Å². The number of morpholine rings is 1. The first-order valence-electron chi connectivity index (χ1n) is 9.50. The molecule has 0 N–H and O–H groups in total. The van der Waals surface area contributed by atoms with E-state index in [0.717, 1.165) is 19.6 Å². The first kappa shape index (κ1) is 23.1. The highest BCUT2D eigenvalue weighted by Crippen LogP contribution is 2.29. The van der Waals surface area contributed by atoms with E-state index >= 15 is 0 Å². The van der Waals surface area contributed by atoms with Gasteiger partial charge in [-0.25, -0.2) is 4.79 Å². The molecular formula is C20H30Cl2N2O4. The third kappa shape index (κ3) is 8.03. The van der Waals surface area contributed by atoms with E-state index in [1.807, 2.05) is 20.8 Å². The summed E-state index contributed by atoms with van der Waals surface area (Å²) in [5.41, 5.74) is -0.522. The maximum Gasteiger partial charge on any atom is 0.410 e. The van der Waals surface area contributed by atoms with Crippen molar-refractivity contribution in [1.82, 2.24) is 9.80 Å². The largest absolute Gasteiger partial charge is 0.487 e. The van der Waals surface area contributed by atoms with E-state index in [-0.39, 0.29) is 12.2 Å². The van der Waals surface area contributed by atoms with Crippen LogP contribution < -0.4 is 4.74 Å². The summed E-state index contributed by atoms with van der Waals surface area (Å²) in [6.45, 7) is 9.94. The van der Waals surface area contributed by atoms with E-state index in [1.54, 1.807) is 30.1 Å². The van der Waals surface area contributed by atoms with Gasteiger partial charge >= 0.3 is 6.09 Å². The smallest absolute Gasteiger partial charge is 0.410 e. The lowest BCUT2D eigenvalue weighted by molar-refractivity contribution is 0.0132. The maximum atomic E-state index is 12.2. The number of ether oxygens (including phenoxy) is 3. The fraction of sp³-hybridized carbons (Fsp3) is 0.650. The van der Waals surface area contributed by atoms with Gasteiger partial charge in [-0.2, -0.15) is 0 Å². The Balaban J connectivity index is 1.99. The Kier molecular flexibility index (Phi) is 8.68. The van der Waals surface area contributed by atoms with E-state index in [0.29, 0.717) is 42.0 Å². The molecule has 0 radical (unpaired) electrons. The Morgan fingerprint density at radius 2 is 1.96 bits per heavy atom. The SMILES string of the molecule is CN(CC[C@H](CN1CCOCC1)Oc1ccc(Cl)cc1Cl)C(=O)OC(C)(C)C. The van der Waals surface area contributed by atoms with E-state index in [4.69, 9.17) is 37.4 Å². The molecule has 1 aromatic rings. The second-order valence-corrected chi connectivity index (χ2v) is 8.76. The van der Waals surface area contributed by atoms with Crippen LogP contribution in [-0.2, 0) is 9.47 Å². The molecule has 1 aliphatic heterocycles. The maximum absolute atomic E-state index is 12.2. The van der Waals surface area contributed by atoms with E-state index in [9.17, 15) is 4.79 Å². The molecule has 0 aliphatic carbocycles. The van der Waals surface area contributed by atoms with Gasteiger partial charge in [-0.1, -0.05) is 23.2 Å². The van der Waals surface area contributed by atoms with Gasteiger partial charge in [0, 0.05) is 44.7 Å². The van der Waals surface area contributed by atoms with Crippen LogP contribution in [0.3, 0.4) is 0 Å². The van der Waals surface area contributed by atoms with Crippen molar-refractivity contribution in [3.05, 3.63) is 28.2 Å². The summed E-state index contributed by atoms with van der Waals surface area (Å²) in [5, 5.41) is 1.03. The zero-order valence-electron chi connectivity index (χ0n) is 17.0. The normalized spacial score (nSPS) is 16.5.